The number of aliphatic hydroxyl groups is 1. The van der Waals surface area contributed by atoms with Gasteiger partial charge in [-0.2, -0.15) is 8.42 Å². The van der Waals surface area contributed by atoms with Gasteiger partial charge in [0.1, 0.15) is 11.4 Å². The van der Waals surface area contributed by atoms with Gasteiger partial charge in [0.25, 0.3) is 0 Å². The number of aliphatic hydroxyl groups excluding tert-OH is 1. The Labute approximate surface area is 94.4 Å². The predicted molar refractivity (Wildman–Crippen MR) is 58.1 cm³/mol. The molecule has 7 heteroatoms. The summed E-state index contributed by atoms with van der Waals surface area (Å²) in [7, 11) is -4.65. The van der Waals surface area contributed by atoms with Gasteiger partial charge >= 0.3 is 10.4 Å². The molecule has 0 spiro atoms. The van der Waals surface area contributed by atoms with E-state index in [4.69, 9.17) is 10.3 Å². The standard InChI is InChI=1S/C9H15NO5S/c1-5-4-7(11)8(10)9(3,6(5)2)15-16(12,13)14/h4,8,11H,10H2,1-3H3,(H,12,13,14). The Kier molecular flexibility index (Phi) is 3.17. The molecule has 92 valence electrons. The van der Waals surface area contributed by atoms with E-state index in [1.807, 2.05) is 0 Å². The summed E-state index contributed by atoms with van der Waals surface area (Å²) in [6.07, 6.45) is 1.44. The third kappa shape index (κ3) is 2.27. The largest absolute Gasteiger partial charge is 0.511 e. The van der Waals surface area contributed by atoms with Crippen LogP contribution in [0, 0.1) is 0 Å². The molecule has 4 N–H and O–H groups in total. The molecule has 0 amide bonds. The van der Waals surface area contributed by atoms with Crippen LogP contribution in [0.5, 0.6) is 0 Å². The van der Waals surface area contributed by atoms with Crippen molar-refractivity contribution >= 4 is 10.4 Å². The zero-order chi connectivity index (χ0) is 12.7. The van der Waals surface area contributed by atoms with Crippen LogP contribution in [0.25, 0.3) is 0 Å². The Morgan fingerprint density at radius 3 is 2.44 bits per heavy atom. The molecule has 1 aliphatic rings. The molecule has 0 aromatic carbocycles. The van der Waals surface area contributed by atoms with Crippen LogP contribution in [0.3, 0.4) is 0 Å². The van der Waals surface area contributed by atoms with Gasteiger partial charge in [0.15, 0.2) is 0 Å². The van der Waals surface area contributed by atoms with Gasteiger partial charge in [0.05, 0.1) is 6.04 Å². The molecule has 0 aromatic heterocycles. The van der Waals surface area contributed by atoms with Crippen molar-refractivity contribution in [2.24, 2.45) is 5.73 Å². The SMILES string of the molecule is CC1=C(C)C(C)(OS(=O)(=O)O)C(N)C(O)=C1. The summed E-state index contributed by atoms with van der Waals surface area (Å²) in [5.41, 5.74) is 5.37. The van der Waals surface area contributed by atoms with E-state index in [0.717, 1.165) is 0 Å². The quantitative estimate of drug-likeness (QED) is 0.621. The Bertz CT molecular complexity index is 464. The van der Waals surface area contributed by atoms with Crippen molar-refractivity contribution in [2.75, 3.05) is 0 Å². The fourth-order valence-electron chi connectivity index (χ4n) is 1.66. The highest BCUT2D eigenvalue weighted by atomic mass is 32.3. The molecule has 0 saturated carbocycles. The van der Waals surface area contributed by atoms with Crippen LogP contribution in [0.15, 0.2) is 23.0 Å². The van der Waals surface area contributed by atoms with Gasteiger partial charge in [-0.25, -0.2) is 4.18 Å². The molecule has 0 aliphatic heterocycles. The van der Waals surface area contributed by atoms with Crippen molar-refractivity contribution in [2.45, 2.75) is 32.4 Å². The Hall–Kier alpha value is -0.890. The number of allylic oxidation sites excluding steroid dienone is 2. The van der Waals surface area contributed by atoms with Gasteiger partial charge in [-0.1, -0.05) is 0 Å². The fraction of sp³-hybridized carbons (Fsp3) is 0.556. The van der Waals surface area contributed by atoms with Crippen LogP contribution in [0.1, 0.15) is 20.8 Å². The molecule has 2 unspecified atom stereocenters. The van der Waals surface area contributed by atoms with Crippen LogP contribution in [-0.2, 0) is 14.6 Å². The second-order valence-corrected chi connectivity index (χ2v) is 5.00. The van der Waals surface area contributed by atoms with Gasteiger partial charge in [-0.15, -0.1) is 0 Å². The van der Waals surface area contributed by atoms with E-state index < -0.39 is 22.0 Å². The molecule has 0 aromatic rings. The summed E-state index contributed by atoms with van der Waals surface area (Å²) in [5, 5.41) is 9.54. The number of hydrogen-bond donors (Lipinski definition) is 3. The van der Waals surface area contributed by atoms with Crippen LogP contribution in [-0.4, -0.2) is 29.7 Å². The molecule has 0 heterocycles. The molecular formula is C9H15NO5S. The summed E-state index contributed by atoms with van der Waals surface area (Å²) in [4.78, 5) is 0. The van der Waals surface area contributed by atoms with Crippen molar-refractivity contribution in [1.82, 2.24) is 0 Å². The van der Waals surface area contributed by atoms with Crippen molar-refractivity contribution in [1.29, 1.82) is 0 Å². The van der Waals surface area contributed by atoms with Gasteiger partial charge < -0.3 is 10.8 Å². The normalized spacial score (nSPS) is 31.6. The molecule has 1 aliphatic carbocycles. The van der Waals surface area contributed by atoms with E-state index in [1.165, 1.54) is 13.0 Å². The predicted octanol–water partition coefficient (Wildman–Crippen LogP) is 0.684. The molecule has 0 bridgehead atoms. The van der Waals surface area contributed by atoms with E-state index in [2.05, 4.69) is 4.18 Å². The first-order valence-electron chi connectivity index (χ1n) is 4.60. The van der Waals surface area contributed by atoms with Crippen LogP contribution in [0.2, 0.25) is 0 Å². The maximum absolute atomic E-state index is 10.8. The van der Waals surface area contributed by atoms with E-state index in [1.54, 1.807) is 13.8 Å². The number of rotatable bonds is 2. The number of hydrogen-bond acceptors (Lipinski definition) is 5. The minimum absolute atomic E-state index is 0.186. The first-order chi connectivity index (χ1) is 7.08. The first kappa shape index (κ1) is 13.2. The lowest BCUT2D eigenvalue weighted by Gasteiger charge is -2.37. The minimum atomic E-state index is -4.65. The van der Waals surface area contributed by atoms with Crippen LogP contribution in [0.4, 0.5) is 0 Å². The Balaban J connectivity index is 3.27. The molecule has 1 rings (SSSR count). The van der Waals surface area contributed by atoms with Gasteiger partial charge in [0.2, 0.25) is 0 Å². The third-order valence-electron chi connectivity index (χ3n) is 2.89. The van der Waals surface area contributed by atoms with Crippen molar-refractivity contribution in [3.63, 3.8) is 0 Å². The molecule has 2 atom stereocenters. The van der Waals surface area contributed by atoms with Crippen LogP contribution < -0.4 is 5.73 Å². The monoisotopic (exact) mass is 249 g/mol. The maximum Gasteiger partial charge on any atom is 0.398 e. The second-order valence-electron chi connectivity index (χ2n) is 3.97. The minimum Gasteiger partial charge on any atom is -0.511 e. The van der Waals surface area contributed by atoms with Gasteiger partial charge in [-0.05, 0) is 38.0 Å². The molecule has 0 saturated heterocycles. The molecular weight excluding hydrogens is 234 g/mol. The van der Waals surface area contributed by atoms with Gasteiger partial charge in [-0.3, -0.25) is 4.55 Å². The van der Waals surface area contributed by atoms with Crippen molar-refractivity contribution in [3.8, 4) is 0 Å². The topological polar surface area (TPSA) is 110 Å². The molecule has 6 nitrogen and oxygen atoms in total. The average molecular weight is 249 g/mol. The maximum atomic E-state index is 10.8. The summed E-state index contributed by atoms with van der Waals surface area (Å²) >= 11 is 0. The van der Waals surface area contributed by atoms with E-state index in [9.17, 15) is 13.5 Å². The third-order valence-corrected chi connectivity index (χ3v) is 3.45. The lowest BCUT2D eigenvalue weighted by molar-refractivity contribution is 0.0818. The Morgan fingerprint density at radius 2 is 2.00 bits per heavy atom. The number of nitrogens with two attached hydrogens (primary N) is 1. The average Bonchev–Trinajstić information content (AvgIpc) is 2.10. The van der Waals surface area contributed by atoms with E-state index in [-0.39, 0.29) is 5.76 Å². The fourth-order valence-corrected chi connectivity index (χ4v) is 2.33. The highest BCUT2D eigenvalue weighted by Crippen LogP contribution is 2.35. The summed E-state index contributed by atoms with van der Waals surface area (Å²) < 4.78 is 34.8. The van der Waals surface area contributed by atoms with Gasteiger partial charge in [0, 0.05) is 0 Å². The summed E-state index contributed by atoms with van der Waals surface area (Å²) in [6, 6.07) is -1.04. The van der Waals surface area contributed by atoms with Crippen molar-refractivity contribution in [3.05, 3.63) is 23.0 Å². The molecule has 16 heavy (non-hydrogen) atoms. The Morgan fingerprint density at radius 1 is 1.50 bits per heavy atom. The molecule has 0 fully saturated rings. The summed E-state index contributed by atoms with van der Waals surface area (Å²) in [5.74, 6) is -0.186. The lowest BCUT2D eigenvalue weighted by atomic mass is 9.81. The van der Waals surface area contributed by atoms with Crippen molar-refractivity contribution < 1.29 is 22.3 Å². The second kappa shape index (κ2) is 3.85. The van der Waals surface area contributed by atoms with E-state index in [0.29, 0.717) is 11.1 Å². The lowest BCUT2D eigenvalue weighted by Crippen LogP contribution is -2.52. The smallest absolute Gasteiger partial charge is 0.398 e. The summed E-state index contributed by atoms with van der Waals surface area (Å²) in [6.45, 7) is 4.71. The first-order valence-corrected chi connectivity index (χ1v) is 5.96. The van der Waals surface area contributed by atoms with Crippen LogP contribution >= 0.6 is 0 Å². The highest BCUT2D eigenvalue weighted by Gasteiger charge is 2.44. The zero-order valence-electron chi connectivity index (χ0n) is 9.26. The van der Waals surface area contributed by atoms with E-state index >= 15 is 0 Å². The highest BCUT2D eigenvalue weighted by molar-refractivity contribution is 7.80. The zero-order valence-corrected chi connectivity index (χ0v) is 10.1. The molecule has 0 radical (unpaired) electrons.